The zero-order valence-corrected chi connectivity index (χ0v) is 9.12. The van der Waals surface area contributed by atoms with E-state index in [0.29, 0.717) is 0 Å². The number of carbonyl (C=O) groups excluding carboxylic acids is 1. The summed E-state index contributed by atoms with van der Waals surface area (Å²) in [5, 5.41) is 0. The molecule has 1 fully saturated rings. The second-order valence-corrected chi connectivity index (χ2v) is 4.75. The topological polar surface area (TPSA) is 30.0 Å². The molecule has 1 aliphatic rings. The third-order valence-corrected chi connectivity index (χ3v) is 3.40. The van der Waals surface area contributed by atoms with Crippen LogP contribution >= 0.6 is 0 Å². The monoisotopic (exact) mass is 207 g/mol. The molecule has 0 N–H and O–H groups in total. The standard InChI is InChI=1S/C12H14FNO/c1-7-10(12(2,3)11(7)15)9-5-4-8(13)6-14-9/h4-7,10H,1-3H3. The summed E-state index contributed by atoms with van der Waals surface area (Å²) in [5.74, 6) is 0.0389. The molecule has 0 saturated heterocycles. The Kier molecular flexibility index (Phi) is 2.14. The van der Waals surface area contributed by atoms with Gasteiger partial charge in [0.2, 0.25) is 0 Å². The van der Waals surface area contributed by atoms with Gasteiger partial charge in [0.15, 0.2) is 0 Å². The fourth-order valence-electron chi connectivity index (χ4n) is 2.62. The Balaban J connectivity index is 2.33. The molecule has 2 atom stereocenters. The Morgan fingerprint density at radius 3 is 2.53 bits per heavy atom. The third-order valence-electron chi connectivity index (χ3n) is 3.40. The van der Waals surface area contributed by atoms with E-state index < -0.39 is 0 Å². The molecular weight excluding hydrogens is 193 g/mol. The number of hydrogen-bond donors (Lipinski definition) is 0. The number of rotatable bonds is 1. The van der Waals surface area contributed by atoms with E-state index >= 15 is 0 Å². The van der Waals surface area contributed by atoms with Crippen molar-refractivity contribution < 1.29 is 9.18 Å². The molecule has 0 bridgehead atoms. The van der Waals surface area contributed by atoms with Gasteiger partial charge in [0.05, 0.1) is 6.20 Å². The summed E-state index contributed by atoms with van der Waals surface area (Å²) in [5.41, 5.74) is 0.457. The van der Waals surface area contributed by atoms with Crippen LogP contribution in [-0.2, 0) is 4.79 Å². The lowest BCUT2D eigenvalue weighted by molar-refractivity contribution is -0.145. The molecule has 3 heteroatoms. The fourth-order valence-corrected chi connectivity index (χ4v) is 2.62. The Morgan fingerprint density at radius 1 is 1.40 bits per heavy atom. The second-order valence-electron chi connectivity index (χ2n) is 4.75. The molecule has 1 heterocycles. The first-order valence-corrected chi connectivity index (χ1v) is 5.10. The molecule has 1 saturated carbocycles. The van der Waals surface area contributed by atoms with E-state index in [1.54, 1.807) is 6.07 Å². The zero-order valence-electron chi connectivity index (χ0n) is 9.12. The molecule has 0 aromatic carbocycles. The fraction of sp³-hybridized carbons (Fsp3) is 0.500. The molecule has 1 aromatic heterocycles. The van der Waals surface area contributed by atoms with E-state index in [1.807, 2.05) is 20.8 Å². The average Bonchev–Trinajstić information content (AvgIpc) is 2.20. The first-order valence-electron chi connectivity index (χ1n) is 5.10. The molecule has 0 amide bonds. The lowest BCUT2D eigenvalue weighted by atomic mass is 9.54. The van der Waals surface area contributed by atoms with E-state index in [0.717, 1.165) is 5.69 Å². The molecule has 0 aliphatic heterocycles. The van der Waals surface area contributed by atoms with E-state index in [4.69, 9.17) is 0 Å². The lowest BCUT2D eigenvalue weighted by Gasteiger charge is -2.47. The van der Waals surface area contributed by atoms with Crippen molar-refractivity contribution in [2.45, 2.75) is 26.7 Å². The number of nitrogens with zero attached hydrogens (tertiary/aromatic N) is 1. The molecule has 80 valence electrons. The maximum Gasteiger partial charge on any atom is 0.142 e. The van der Waals surface area contributed by atoms with Crippen molar-refractivity contribution in [2.24, 2.45) is 11.3 Å². The molecule has 2 unspecified atom stereocenters. The average molecular weight is 207 g/mol. The Hall–Kier alpha value is -1.25. The second kappa shape index (κ2) is 3.12. The van der Waals surface area contributed by atoms with Gasteiger partial charge in [0.1, 0.15) is 11.6 Å². The number of Topliss-reactive ketones (excluding diaryl/α,β-unsaturated/α-hetero) is 1. The molecular formula is C12H14FNO. The van der Waals surface area contributed by atoms with Gasteiger partial charge >= 0.3 is 0 Å². The van der Waals surface area contributed by atoms with Gasteiger partial charge in [-0.05, 0) is 12.1 Å². The number of ketones is 1. The van der Waals surface area contributed by atoms with Crippen molar-refractivity contribution in [2.75, 3.05) is 0 Å². The molecule has 2 nitrogen and oxygen atoms in total. The normalized spacial score (nSPS) is 28.7. The summed E-state index contributed by atoms with van der Waals surface area (Å²) in [7, 11) is 0. The predicted molar refractivity (Wildman–Crippen MR) is 54.9 cm³/mol. The smallest absolute Gasteiger partial charge is 0.142 e. The van der Waals surface area contributed by atoms with Crippen molar-refractivity contribution in [3.05, 3.63) is 29.8 Å². The lowest BCUT2D eigenvalue weighted by Crippen LogP contribution is -2.51. The van der Waals surface area contributed by atoms with Crippen LogP contribution in [0.2, 0.25) is 0 Å². The Labute approximate surface area is 88.5 Å². The van der Waals surface area contributed by atoms with Crippen LogP contribution in [0, 0.1) is 17.2 Å². The quantitative estimate of drug-likeness (QED) is 0.708. The molecule has 0 spiro atoms. The summed E-state index contributed by atoms with van der Waals surface area (Å²) in [6.07, 6.45) is 1.21. The molecule has 1 aromatic rings. The summed E-state index contributed by atoms with van der Waals surface area (Å²) < 4.78 is 12.7. The van der Waals surface area contributed by atoms with Crippen molar-refractivity contribution in [1.29, 1.82) is 0 Å². The van der Waals surface area contributed by atoms with Crippen LogP contribution in [0.3, 0.4) is 0 Å². The van der Waals surface area contributed by atoms with E-state index in [1.165, 1.54) is 12.3 Å². The predicted octanol–water partition coefficient (Wildman–Crippen LogP) is 2.55. The van der Waals surface area contributed by atoms with Crippen LogP contribution in [-0.4, -0.2) is 10.8 Å². The summed E-state index contributed by atoms with van der Waals surface area (Å²) in [4.78, 5) is 15.7. The third kappa shape index (κ3) is 1.37. The first kappa shape index (κ1) is 10.3. The van der Waals surface area contributed by atoms with Crippen molar-refractivity contribution in [3.63, 3.8) is 0 Å². The Bertz CT molecular complexity index is 397. The van der Waals surface area contributed by atoms with Gasteiger partial charge in [0, 0.05) is 22.9 Å². The molecule has 0 radical (unpaired) electrons. The SMILES string of the molecule is CC1C(=O)C(C)(C)C1c1ccc(F)cn1. The van der Waals surface area contributed by atoms with Gasteiger partial charge < -0.3 is 0 Å². The van der Waals surface area contributed by atoms with Crippen LogP contribution in [0.25, 0.3) is 0 Å². The number of halogens is 1. The summed E-state index contributed by atoms with van der Waals surface area (Å²) in [6, 6.07) is 3.07. The molecule has 1 aliphatic carbocycles. The van der Waals surface area contributed by atoms with Gasteiger partial charge in [-0.25, -0.2) is 4.39 Å². The van der Waals surface area contributed by atoms with Crippen molar-refractivity contribution in [1.82, 2.24) is 4.98 Å². The van der Waals surface area contributed by atoms with E-state index in [2.05, 4.69) is 4.98 Å². The van der Waals surface area contributed by atoms with Crippen LogP contribution in [0.5, 0.6) is 0 Å². The highest BCUT2D eigenvalue weighted by Crippen LogP contribution is 2.52. The summed E-state index contributed by atoms with van der Waals surface area (Å²) in [6.45, 7) is 5.75. The van der Waals surface area contributed by atoms with Gasteiger partial charge in [0.25, 0.3) is 0 Å². The number of hydrogen-bond acceptors (Lipinski definition) is 2. The minimum Gasteiger partial charge on any atom is -0.299 e. The highest BCUT2D eigenvalue weighted by Gasteiger charge is 2.54. The van der Waals surface area contributed by atoms with Crippen LogP contribution < -0.4 is 0 Å². The maximum atomic E-state index is 12.7. The van der Waals surface area contributed by atoms with Crippen molar-refractivity contribution in [3.8, 4) is 0 Å². The number of aromatic nitrogens is 1. The van der Waals surface area contributed by atoms with Crippen molar-refractivity contribution >= 4 is 5.78 Å². The van der Waals surface area contributed by atoms with Gasteiger partial charge in [-0.1, -0.05) is 20.8 Å². The highest BCUT2D eigenvalue weighted by atomic mass is 19.1. The zero-order chi connectivity index (χ0) is 11.2. The maximum absolute atomic E-state index is 12.7. The highest BCUT2D eigenvalue weighted by molar-refractivity contribution is 5.94. The van der Waals surface area contributed by atoms with E-state index in [-0.39, 0.29) is 28.9 Å². The minimum atomic E-state index is -0.357. The number of pyridine rings is 1. The number of carbonyl (C=O) groups is 1. The first-order chi connectivity index (χ1) is 6.94. The largest absolute Gasteiger partial charge is 0.299 e. The molecule has 15 heavy (non-hydrogen) atoms. The van der Waals surface area contributed by atoms with Gasteiger partial charge in [-0.15, -0.1) is 0 Å². The molecule has 2 rings (SSSR count). The van der Waals surface area contributed by atoms with Crippen LogP contribution in [0.1, 0.15) is 32.4 Å². The summed E-state index contributed by atoms with van der Waals surface area (Å²) >= 11 is 0. The Morgan fingerprint density at radius 2 is 2.07 bits per heavy atom. The van der Waals surface area contributed by atoms with Gasteiger partial charge in [-0.3, -0.25) is 9.78 Å². The van der Waals surface area contributed by atoms with Crippen LogP contribution in [0.15, 0.2) is 18.3 Å². The van der Waals surface area contributed by atoms with Crippen LogP contribution in [0.4, 0.5) is 4.39 Å². The van der Waals surface area contributed by atoms with E-state index in [9.17, 15) is 9.18 Å². The van der Waals surface area contributed by atoms with Gasteiger partial charge in [-0.2, -0.15) is 0 Å². The minimum absolute atomic E-state index is 0.00189.